The van der Waals surface area contributed by atoms with E-state index in [0.717, 1.165) is 16.5 Å². The van der Waals surface area contributed by atoms with Crippen LogP contribution in [0.3, 0.4) is 0 Å². The van der Waals surface area contributed by atoms with Crippen molar-refractivity contribution in [3.05, 3.63) is 88.1 Å². The van der Waals surface area contributed by atoms with Gasteiger partial charge in [-0.2, -0.15) is 0 Å². The number of furan rings is 1. The average molecular weight is 419 g/mol. The summed E-state index contributed by atoms with van der Waals surface area (Å²) in [6, 6.07) is 18.1. The number of amides is 1. The zero-order chi connectivity index (χ0) is 21.3. The Labute approximate surface area is 178 Å². The second-order valence-electron chi connectivity index (χ2n) is 7.04. The molecule has 4 aromatic rings. The van der Waals surface area contributed by atoms with Crippen molar-refractivity contribution < 1.29 is 14.3 Å². The maximum atomic E-state index is 12.6. The van der Waals surface area contributed by atoms with Gasteiger partial charge in [-0.05, 0) is 67.4 Å². The largest absolute Gasteiger partial charge is 0.506 e. The number of aromatic hydroxyl groups is 1. The maximum absolute atomic E-state index is 12.6. The van der Waals surface area contributed by atoms with Gasteiger partial charge in [-0.15, -0.1) is 0 Å². The van der Waals surface area contributed by atoms with E-state index in [4.69, 9.17) is 16.0 Å². The number of fused-ring (bicyclic) bond motifs is 1. The first kappa shape index (κ1) is 19.7. The van der Waals surface area contributed by atoms with Crippen LogP contribution >= 0.6 is 11.6 Å². The summed E-state index contributed by atoms with van der Waals surface area (Å²) in [6.07, 6.45) is 1.57. The summed E-state index contributed by atoms with van der Waals surface area (Å²) in [4.78, 5) is 17.0. The molecular formula is C24H19ClN2O3. The number of phenols is 1. The number of nitrogens with zero attached hydrogens (tertiary/aromatic N) is 1. The Bertz CT molecular complexity index is 1260. The average Bonchev–Trinajstić information content (AvgIpc) is 3.16. The van der Waals surface area contributed by atoms with Gasteiger partial charge >= 0.3 is 0 Å². The van der Waals surface area contributed by atoms with Crippen LogP contribution in [0.5, 0.6) is 5.75 Å². The van der Waals surface area contributed by atoms with Crippen molar-refractivity contribution in [2.24, 2.45) is 4.99 Å². The van der Waals surface area contributed by atoms with Crippen LogP contribution in [-0.2, 0) is 0 Å². The molecule has 6 heteroatoms. The molecule has 150 valence electrons. The molecule has 3 aromatic carbocycles. The highest BCUT2D eigenvalue weighted by atomic mass is 35.5. The third kappa shape index (κ3) is 4.07. The van der Waals surface area contributed by atoms with E-state index < -0.39 is 0 Å². The zero-order valence-electron chi connectivity index (χ0n) is 16.4. The van der Waals surface area contributed by atoms with Crippen LogP contribution in [0.4, 0.5) is 11.4 Å². The number of nitrogens with one attached hydrogen (secondary N) is 1. The molecule has 30 heavy (non-hydrogen) atoms. The smallest absolute Gasteiger partial charge is 0.291 e. The number of aryl methyl sites for hydroxylation is 2. The lowest BCUT2D eigenvalue weighted by molar-refractivity contribution is 0.0998. The predicted octanol–water partition coefficient (Wildman–Crippen LogP) is 6.41. The molecule has 0 fully saturated rings. The number of phenolic OH excluding ortho intramolecular Hbond substituents is 1. The van der Waals surface area contributed by atoms with Crippen LogP contribution in [0.25, 0.3) is 11.0 Å². The molecule has 1 aromatic heterocycles. The normalized spacial score (nSPS) is 11.3. The van der Waals surface area contributed by atoms with E-state index in [-0.39, 0.29) is 22.4 Å². The SMILES string of the molecule is Cc1cc(Cl)c(O)c(C=Nc2ccc(NC(=O)c3cc4ccccc4o3)c(C)c2)c1. The highest BCUT2D eigenvalue weighted by Crippen LogP contribution is 2.29. The fourth-order valence-electron chi connectivity index (χ4n) is 3.15. The molecule has 1 heterocycles. The van der Waals surface area contributed by atoms with Gasteiger partial charge in [0.15, 0.2) is 5.76 Å². The molecular weight excluding hydrogens is 400 g/mol. The van der Waals surface area contributed by atoms with E-state index >= 15 is 0 Å². The zero-order valence-corrected chi connectivity index (χ0v) is 17.2. The van der Waals surface area contributed by atoms with E-state index in [1.54, 1.807) is 36.5 Å². The number of carbonyl (C=O) groups is 1. The van der Waals surface area contributed by atoms with Crippen molar-refractivity contribution in [3.8, 4) is 5.75 Å². The van der Waals surface area contributed by atoms with Crippen molar-refractivity contribution in [1.82, 2.24) is 0 Å². The highest BCUT2D eigenvalue weighted by Gasteiger charge is 2.13. The van der Waals surface area contributed by atoms with E-state index in [1.165, 1.54) is 0 Å². The standard InChI is InChI=1S/C24H19ClN2O3/c1-14-9-17(23(28)19(25)10-14)13-26-18-7-8-20(15(2)11-18)27-24(29)22-12-16-5-3-4-6-21(16)30-22/h3-13,28H,1-2H3,(H,27,29). The number of halogens is 1. The van der Waals surface area contributed by atoms with Gasteiger partial charge in [0.1, 0.15) is 11.3 Å². The molecule has 2 N–H and O–H groups in total. The van der Waals surface area contributed by atoms with Crippen molar-refractivity contribution >= 4 is 46.1 Å². The first-order valence-electron chi connectivity index (χ1n) is 9.34. The minimum absolute atomic E-state index is 0.00235. The predicted molar refractivity (Wildman–Crippen MR) is 120 cm³/mol. The summed E-state index contributed by atoms with van der Waals surface area (Å²) < 4.78 is 5.61. The minimum atomic E-state index is -0.315. The lowest BCUT2D eigenvalue weighted by Gasteiger charge is -2.08. The topological polar surface area (TPSA) is 74.8 Å². The molecule has 0 aliphatic rings. The van der Waals surface area contributed by atoms with Crippen LogP contribution in [0.2, 0.25) is 5.02 Å². The summed E-state index contributed by atoms with van der Waals surface area (Å²) in [5.41, 5.74) is 4.34. The summed E-state index contributed by atoms with van der Waals surface area (Å²) >= 11 is 6.01. The van der Waals surface area contributed by atoms with E-state index in [0.29, 0.717) is 22.5 Å². The first-order valence-corrected chi connectivity index (χ1v) is 9.72. The number of hydrogen-bond donors (Lipinski definition) is 2. The van der Waals surface area contributed by atoms with Crippen molar-refractivity contribution in [2.75, 3.05) is 5.32 Å². The molecule has 4 rings (SSSR count). The second kappa shape index (κ2) is 8.05. The van der Waals surface area contributed by atoms with Crippen LogP contribution in [0.1, 0.15) is 27.2 Å². The molecule has 0 bridgehead atoms. The molecule has 0 saturated heterocycles. The Kier molecular flexibility index (Phi) is 5.29. The first-order chi connectivity index (χ1) is 14.4. The maximum Gasteiger partial charge on any atom is 0.291 e. The second-order valence-corrected chi connectivity index (χ2v) is 7.45. The third-order valence-corrected chi connectivity index (χ3v) is 4.99. The van der Waals surface area contributed by atoms with Gasteiger partial charge in [0, 0.05) is 22.9 Å². The number of rotatable bonds is 4. The van der Waals surface area contributed by atoms with Gasteiger partial charge in [-0.25, -0.2) is 0 Å². The van der Waals surface area contributed by atoms with Gasteiger partial charge < -0.3 is 14.8 Å². The van der Waals surface area contributed by atoms with Crippen LogP contribution in [0, 0.1) is 13.8 Å². The van der Waals surface area contributed by atoms with Crippen molar-refractivity contribution in [1.29, 1.82) is 0 Å². The highest BCUT2D eigenvalue weighted by molar-refractivity contribution is 6.32. The summed E-state index contributed by atoms with van der Waals surface area (Å²) in [5.74, 6) is -0.0631. The number of benzene rings is 3. The van der Waals surface area contributed by atoms with Gasteiger partial charge in [0.25, 0.3) is 5.91 Å². The number of carbonyl (C=O) groups excluding carboxylic acids is 1. The summed E-state index contributed by atoms with van der Waals surface area (Å²) in [6.45, 7) is 3.78. The molecule has 0 atom stereocenters. The fraction of sp³-hybridized carbons (Fsp3) is 0.0833. The van der Waals surface area contributed by atoms with Gasteiger partial charge in [-0.3, -0.25) is 9.79 Å². The van der Waals surface area contributed by atoms with E-state index in [1.807, 2.05) is 44.2 Å². The Morgan fingerprint density at radius 1 is 1.10 bits per heavy atom. The molecule has 0 unspecified atom stereocenters. The van der Waals surface area contributed by atoms with Crippen LogP contribution in [0.15, 0.2) is 70.1 Å². The number of aliphatic imine (C=N–C) groups is 1. The summed E-state index contributed by atoms with van der Waals surface area (Å²) in [5, 5.41) is 14.1. The van der Waals surface area contributed by atoms with Gasteiger partial charge in [0.2, 0.25) is 0 Å². The lowest BCUT2D eigenvalue weighted by Crippen LogP contribution is -2.11. The Morgan fingerprint density at radius 3 is 2.67 bits per heavy atom. The fourth-order valence-corrected chi connectivity index (χ4v) is 3.43. The Hall–Kier alpha value is -3.57. The number of para-hydroxylation sites is 1. The molecule has 0 radical (unpaired) electrons. The molecule has 5 nitrogen and oxygen atoms in total. The van der Waals surface area contributed by atoms with Gasteiger partial charge in [-0.1, -0.05) is 29.8 Å². The minimum Gasteiger partial charge on any atom is -0.506 e. The number of hydrogen-bond acceptors (Lipinski definition) is 4. The van der Waals surface area contributed by atoms with Gasteiger partial charge in [0.05, 0.1) is 10.7 Å². The Morgan fingerprint density at radius 2 is 1.90 bits per heavy atom. The lowest BCUT2D eigenvalue weighted by atomic mass is 10.1. The van der Waals surface area contributed by atoms with Crippen LogP contribution in [-0.4, -0.2) is 17.2 Å². The Balaban J connectivity index is 1.52. The molecule has 0 saturated carbocycles. The van der Waals surface area contributed by atoms with E-state index in [9.17, 15) is 9.90 Å². The summed E-state index contributed by atoms with van der Waals surface area (Å²) in [7, 11) is 0. The number of anilines is 1. The van der Waals surface area contributed by atoms with E-state index in [2.05, 4.69) is 10.3 Å². The molecule has 1 amide bonds. The van der Waals surface area contributed by atoms with Crippen LogP contribution < -0.4 is 5.32 Å². The van der Waals surface area contributed by atoms with Crippen molar-refractivity contribution in [3.63, 3.8) is 0 Å². The molecule has 0 spiro atoms. The monoisotopic (exact) mass is 418 g/mol. The molecule has 0 aliphatic carbocycles. The quantitative estimate of drug-likeness (QED) is 0.376. The van der Waals surface area contributed by atoms with Crippen molar-refractivity contribution in [2.45, 2.75) is 13.8 Å². The molecule has 0 aliphatic heterocycles. The third-order valence-electron chi connectivity index (χ3n) is 4.70.